The second-order valence-electron chi connectivity index (χ2n) is 4.88. The summed E-state index contributed by atoms with van der Waals surface area (Å²) in [6.07, 6.45) is 0.343. The highest BCUT2D eigenvalue weighted by Crippen LogP contribution is 2.20. The molecule has 0 bridgehead atoms. The van der Waals surface area contributed by atoms with Crippen LogP contribution in [-0.2, 0) is 17.3 Å². The predicted octanol–water partition coefficient (Wildman–Crippen LogP) is 2.53. The van der Waals surface area contributed by atoms with E-state index >= 15 is 0 Å². The van der Waals surface area contributed by atoms with Gasteiger partial charge < -0.3 is 10.4 Å². The molecule has 2 aromatic rings. The van der Waals surface area contributed by atoms with Crippen LogP contribution in [0, 0.1) is 11.6 Å². The molecule has 2 N–H and O–H groups in total. The van der Waals surface area contributed by atoms with Crippen LogP contribution in [0.4, 0.5) is 8.78 Å². The Morgan fingerprint density at radius 2 is 1.73 bits per heavy atom. The molecule has 2 aromatic carbocycles. The molecule has 6 heteroatoms. The zero-order chi connectivity index (χ0) is 16.1. The van der Waals surface area contributed by atoms with Crippen LogP contribution in [0.5, 0.6) is 0 Å². The van der Waals surface area contributed by atoms with E-state index in [2.05, 4.69) is 5.32 Å². The van der Waals surface area contributed by atoms with Gasteiger partial charge in [-0.2, -0.15) is 0 Å². The fourth-order valence-electron chi connectivity index (χ4n) is 2.08. The van der Waals surface area contributed by atoms with Crippen molar-refractivity contribution >= 4 is 10.8 Å². The van der Waals surface area contributed by atoms with E-state index < -0.39 is 28.5 Å². The van der Waals surface area contributed by atoms with Crippen molar-refractivity contribution in [2.75, 3.05) is 12.8 Å². The number of halogens is 2. The number of nitrogens with one attached hydrogen (secondary N) is 1. The standard InChI is InChI=1S/C16H17F2NO2S/c1-22(21)12-7-5-11(6-8-12)9-19-10-15(20)16-13(17)3-2-4-14(16)18/h2-8,15,19-20H,9-10H2,1H3. The van der Waals surface area contributed by atoms with E-state index in [1.807, 2.05) is 12.1 Å². The van der Waals surface area contributed by atoms with E-state index in [0.717, 1.165) is 22.6 Å². The summed E-state index contributed by atoms with van der Waals surface area (Å²) in [5.74, 6) is -1.52. The van der Waals surface area contributed by atoms with Crippen molar-refractivity contribution in [2.24, 2.45) is 0 Å². The Hall–Kier alpha value is -1.63. The lowest BCUT2D eigenvalue weighted by molar-refractivity contribution is 0.164. The molecule has 0 aliphatic rings. The average Bonchev–Trinajstić information content (AvgIpc) is 2.47. The van der Waals surface area contributed by atoms with Gasteiger partial charge in [0.05, 0.1) is 11.7 Å². The van der Waals surface area contributed by atoms with Crippen LogP contribution < -0.4 is 5.32 Å². The van der Waals surface area contributed by atoms with E-state index in [1.54, 1.807) is 18.4 Å². The van der Waals surface area contributed by atoms with Crippen molar-refractivity contribution in [3.8, 4) is 0 Å². The molecule has 22 heavy (non-hydrogen) atoms. The molecule has 0 amide bonds. The van der Waals surface area contributed by atoms with Crippen LogP contribution in [0.3, 0.4) is 0 Å². The maximum Gasteiger partial charge on any atom is 0.131 e. The van der Waals surface area contributed by atoms with Gasteiger partial charge in [0.25, 0.3) is 0 Å². The van der Waals surface area contributed by atoms with Gasteiger partial charge in [0.1, 0.15) is 11.6 Å². The summed E-state index contributed by atoms with van der Waals surface area (Å²) in [6.45, 7) is 0.461. The van der Waals surface area contributed by atoms with Gasteiger partial charge in [-0.05, 0) is 29.8 Å². The largest absolute Gasteiger partial charge is 0.387 e. The summed E-state index contributed by atoms with van der Waals surface area (Å²) in [7, 11) is -1.02. The van der Waals surface area contributed by atoms with Gasteiger partial charge in [-0.3, -0.25) is 4.21 Å². The molecule has 118 valence electrons. The molecule has 0 aromatic heterocycles. The van der Waals surface area contributed by atoms with Crippen molar-refractivity contribution in [3.05, 3.63) is 65.2 Å². The normalized spacial score (nSPS) is 13.8. The molecule has 0 saturated carbocycles. The zero-order valence-electron chi connectivity index (χ0n) is 12.1. The zero-order valence-corrected chi connectivity index (χ0v) is 12.9. The SMILES string of the molecule is CS(=O)c1ccc(CNCC(O)c2c(F)cccc2F)cc1. The number of benzene rings is 2. The molecule has 0 spiro atoms. The minimum absolute atomic E-state index is 0.0271. The number of aliphatic hydroxyl groups excluding tert-OH is 1. The van der Waals surface area contributed by atoms with Gasteiger partial charge in [-0.15, -0.1) is 0 Å². The first kappa shape index (κ1) is 16.7. The van der Waals surface area contributed by atoms with E-state index in [4.69, 9.17) is 0 Å². The summed E-state index contributed by atoms with van der Waals surface area (Å²) in [5, 5.41) is 12.8. The number of hydrogen-bond donors (Lipinski definition) is 2. The van der Waals surface area contributed by atoms with E-state index in [0.29, 0.717) is 6.54 Å². The third-order valence-electron chi connectivity index (χ3n) is 3.26. The van der Waals surface area contributed by atoms with Gasteiger partial charge in [-0.25, -0.2) is 8.78 Å². The highest BCUT2D eigenvalue weighted by molar-refractivity contribution is 7.84. The van der Waals surface area contributed by atoms with Crippen molar-refractivity contribution < 1.29 is 18.1 Å². The molecule has 0 aliphatic heterocycles. The van der Waals surface area contributed by atoms with Gasteiger partial charge >= 0.3 is 0 Å². The van der Waals surface area contributed by atoms with Gasteiger partial charge in [-0.1, -0.05) is 18.2 Å². The second-order valence-corrected chi connectivity index (χ2v) is 6.26. The minimum atomic E-state index is -1.26. The Labute approximate surface area is 130 Å². The lowest BCUT2D eigenvalue weighted by Crippen LogP contribution is -2.22. The first-order chi connectivity index (χ1) is 10.5. The number of aliphatic hydroxyl groups is 1. The summed E-state index contributed by atoms with van der Waals surface area (Å²) in [6, 6.07) is 10.7. The Bertz CT molecular complexity index is 641. The fraction of sp³-hybridized carbons (Fsp3) is 0.250. The number of rotatable bonds is 6. The molecule has 0 saturated heterocycles. The molecule has 0 radical (unpaired) electrons. The number of hydrogen-bond acceptors (Lipinski definition) is 3. The maximum absolute atomic E-state index is 13.5. The molecular weight excluding hydrogens is 308 g/mol. The van der Waals surface area contributed by atoms with E-state index in [9.17, 15) is 18.1 Å². The molecule has 2 atom stereocenters. The summed E-state index contributed by atoms with van der Waals surface area (Å²) in [5.41, 5.74) is 0.599. The van der Waals surface area contributed by atoms with Crippen LogP contribution in [0.15, 0.2) is 47.4 Å². The van der Waals surface area contributed by atoms with Crippen LogP contribution in [0.1, 0.15) is 17.2 Å². The third-order valence-corrected chi connectivity index (χ3v) is 4.19. The van der Waals surface area contributed by atoms with Gasteiger partial charge in [0.15, 0.2) is 0 Å². The quantitative estimate of drug-likeness (QED) is 0.858. The van der Waals surface area contributed by atoms with Gasteiger partial charge in [0, 0.05) is 35.0 Å². The smallest absolute Gasteiger partial charge is 0.131 e. The Kier molecular flexibility index (Phi) is 5.76. The van der Waals surface area contributed by atoms with Crippen LogP contribution in [0.2, 0.25) is 0 Å². The van der Waals surface area contributed by atoms with Crippen LogP contribution >= 0.6 is 0 Å². The predicted molar refractivity (Wildman–Crippen MR) is 81.8 cm³/mol. The summed E-state index contributed by atoms with van der Waals surface area (Å²) in [4.78, 5) is 0.734. The highest BCUT2D eigenvalue weighted by Gasteiger charge is 2.17. The maximum atomic E-state index is 13.5. The summed E-state index contributed by atoms with van der Waals surface area (Å²) < 4.78 is 38.3. The summed E-state index contributed by atoms with van der Waals surface area (Å²) >= 11 is 0. The molecule has 0 heterocycles. The molecular formula is C16H17F2NO2S. The Morgan fingerprint density at radius 1 is 1.14 bits per heavy atom. The van der Waals surface area contributed by atoms with E-state index in [1.165, 1.54) is 6.07 Å². The first-order valence-corrected chi connectivity index (χ1v) is 8.30. The second kappa shape index (κ2) is 7.58. The van der Waals surface area contributed by atoms with E-state index in [-0.39, 0.29) is 12.1 Å². The fourth-order valence-corrected chi connectivity index (χ4v) is 2.60. The topological polar surface area (TPSA) is 49.3 Å². The first-order valence-electron chi connectivity index (χ1n) is 6.74. The van der Waals surface area contributed by atoms with Crippen molar-refractivity contribution in [1.29, 1.82) is 0 Å². The Balaban J connectivity index is 1.92. The molecule has 2 rings (SSSR count). The van der Waals surface area contributed by atoms with Gasteiger partial charge in [0.2, 0.25) is 0 Å². The van der Waals surface area contributed by atoms with Crippen molar-refractivity contribution in [3.63, 3.8) is 0 Å². The molecule has 2 unspecified atom stereocenters. The molecule has 3 nitrogen and oxygen atoms in total. The average molecular weight is 325 g/mol. The minimum Gasteiger partial charge on any atom is -0.387 e. The highest BCUT2D eigenvalue weighted by atomic mass is 32.2. The molecule has 0 aliphatic carbocycles. The monoisotopic (exact) mass is 325 g/mol. The lowest BCUT2D eigenvalue weighted by atomic mass is 10.1. The Morgan fingerprint density at radius 3 is 2.27 bits per heavy atom. The van der Waals surface area contributed by atoms with Crippen molar-refractivity contribution in [2.45, 2.75) is 17.5 Å². The van der Waals surface area contributed by atoms with Crippen LogP contribution in [-0.4, -0.2) is 22.1 Å². The molecule has 0 fully saturated rings. The lowest BCUT2D eigenvalue weighted by Gasteiger charge is -2.14. The van der Waals surface area contributed by atoms with Crippen molar-refractivity contribution in [1.82, 2.24) is 5.32 Å². The van der Waals surface area contributed by atoms with Crippen LogP contribution in [0.25, 0.3) is 0 Å². The third kappa shape index (κ3) is 4.19.